The molecular weight excluding hydrogens is 263 g/mol. The van der Waals surface area contributed by atoms with Crippen molar-refractivity contribution >= 4 is 29.1 Å². The molecule has 1 aromatic rings. The summed E-state index contributed by atoms with van der Waals surface area (Å²) >= 11 is 11.6. The van der Waals surface area contributed by atoms with Crippen LogP contribution in [0.4, 0.5) is 0 Å². The molecule has 0 heterocycles. The molecule has 0 fully saturated rings. The van der Waals surface area contributed by atoms with Gasteiger partial charge in [0.1, 0.15) is 0 Å². The highest BCUT2D eigenvalue weighted by Crippen LogP contribution is 2.22. The van der Waals surface area contributed by atoms with Crippen molar-refractivity contribution in [3.63, 3.8) is 0 Å². The van der Waals surface area contributed by atoms with Gasteiger partial charge in [-0.25, -0.2) is 0 Å². The lowest BCUT2D eigenvalue weighted by Gasteiger charge is -2.06. The second kappa shape index (κ2) is 7.50. The lowest BCUT2D eigenvalue weighted by atomic mass is 10.2. The Hall–Kier alpha value is -0.810. The third-order valence-corrected chi connectivity index (χ3v) is 2.71. The van der Waals surface area contributed by atoms with E-state index in [0.29, 0.717) is 41.9 Å². The Bertz CT molecular complexity index is 386. The lowest BCUT2D eigenvalue weighted by molar-refractivity contribution is 0.0920. The molecule has 0 atom stereocenters. The fraction of sp³-hybridized carbons (Fsp3) is 0.364. The fourth-order valence-electron chi connectivity index (χ4n) is 1.16. The van der Waals surface area contributed by atoms with Gasteiger partial charge in [0, 0.05) is 18.7 Å². The fourth-order valence-corrected chi connectivity index (χ4v) is 1.46. The average Bonchev–Trinajstić information content (AvgIpc) is 2.32. The van der Waals surface area contributed by atoms with E-state index in [9.17, 15) is 4.79 Å². The Morgan fingerprint density at radius 2 is 2.06 bits per heavy atom. The average molecular weight is 277 g/mol. The number of benzene rings is 1. The van der Waals surface area contributed by atoms with Gasteiger partial charge in [-0.15, -0.1) is 0 Å². The molecule has 0 spiro atoms. The summed E-state index contributed by atoms with van der Waals surface area (Å²) in [6.45, 7) is 1.83. The number of amides is 1. The Labute approximate surface area is 110 Å². The zero-order valence-electron chi connectivity index (χ0n) is 9.21. The molecule has 0 saturated heterocycles. The van der Waals surface area contributed by atoms with Gasteiger partial charge >= 0.3 is 0 Å². The van der Waals surface area contributed by atoms with Crippen molar-refractivity contribution in [2.24, 2.45) is 5.73 Å². The zero-order chi connectivity index (χ0) is 12.7. The van der Waals surface area contributed by atoms with E-state index >= 15 is 0 Å². The summed E-state index contributed by atoms with van der Waals surface area (Å²) in [5.74, 6) is -0.208. The van der Waals surface area contributed by atoms with Gasteiger partial charge in [0.15, 0.2) is 0 Å². The third-order valence-electron chi connectivity index (χ3n) is 1.98. The summed E-state index contributed by atoms with van der Waals surface area (Å²) in [5, 5.41) is 3.48. The number of nitrogens with one attached hydrogen (secondary N) is 1. The van der Waals surface area contributed by atoms with Crippen LogP contribution in [0, 0.1) is 0 Å². The Morgan fingerprint density at radius 3 is 2.71 bits per heavy atom. The molecule has 94 valence electrons. The van der Waals surface area contributed by atoms with Crippen LogP contribution >= 0.6 is 23.2 Å². The Balaban J connectivity index is 2.39. The van der Waals surface area contributed by atoms with Gasteiger partial charge in [-0.1, -0.05) is 23.2 Å². The number of rotatable bonds is 6. The van der Waals surface area contributed by atoms with Gasteiger partial charge in [-0.3, -0.25) is 4.79 Å². The summed E-state index contributed by atoms with van der Waals surface area (Å²) < 4.78 is 5.13. The molecule has 0 saturated carbocycles. The van der Waals surface area contributed by atoms with E-state index in [1.807, 2.05) is 0 Å². The van der Waals surface area contributed by atoms with Crippen LogP contribution in [0.5, 0.6) is 0 Å². The first-order valence-electron chi connectivity index (χ1n) is 5.16. The number of carbonyl (C=O) groups excluding carboxylic acids is 1. The minimum absolute atomic E-state index is 0.208. The summed E-state index contributed by atoms with van der Waals surface area (Å²) in [6.07, 6.45) is 0. The summed E-state index contributed by atoms with van der Waals surface area (Å²) in [5.41, 5.74) is 5.72. The first kappa shape index (κ1) is 14.3. The van der Waals surface area contributed by atoms with E-state index in [2.05, 4.69) is 5.32 Å². The van der Waals surface area contributed by atoms with Crippen LogP contribution in [-0.4, -0.2) is 32.2 Å². The van der Waals surface area contributed by atoms with Crippen molar-refractivity contribution in [3.05, 3.63) is 33.8 Å². The second-order valence-corrected chi connectivity index (χ2v) is 4.10. The lowest BCUT2D eigenvalue weighted by Crippen LogP contribution is -2.27. The van der Waals surface area contributed by atoms with E-state index in [4.69, 9.17) is 33.7 Å². The molecular formula is C11H14Cl2N2O2. The van der Waals surface area contributed by atoms with Crippen molar-refractivity contribution in [1.82, 2.24) is 5.32 Å². The van der Waals surface area contributed by atoms with Gasteiger partial charge in [0.05, 0.1) is 23.3 Å². The highest BCUT2D eigenvalue weighted by Gasteiger charge is 2.07. The van der Waals surface area contributed by atoms with Crippen LogP contribution in [-0.2, 0) is 4.74 Å². The Kier molecular flexibility index (Phi) is 6.29. The molecule has 1 amide bonds. The molecule has 17 heavy (non-hydrogen) atoms. The highest BCUT2D eigenvalue weighted by molar-refractivity contribution is 6.42. The van der Waals surface area contributed by atoms with Crippen molar-refractivity contribution in [3.8, 4) is 0 Å². The minimum atomic E-state index is -0.208. The topological polar surface area (TPSA) is 64.3 Å². The summed E-state index contributed by atoms with van der Waals surface area (Å²) in [6, 6.07) is 4.73. The smallest absolute Gasteiger partial charge is 0.251 e. The zero-order valence-corrected chi connectivity index (χ0v) is 10.7. The highest BCUT2D eigenvalue weighted by atomic mass is 35.5. The van der Waals surface area contributed by atoms with Crippen LogP contribution in [0.15, 0.2) is 18.2 Å². The van der Waals surface area contributed by atoms with Gasteiger partial charge in [-0.05, 0) is 18.2 Å². The summed E-state index contributed by atoms with van der Waals surface area (Å²) in [4.78, 5) is 11.6. The van der Waals surface area contributed by atoms with Gasteiger partial charge in [0.25, 0.3) is 5.91 Å². The maximum Gasteiger partial charge on any atom is 0.251 e. The molecule has 1 aromatic carbocycles. The molecule has 0 aliphatic rings. The number of hydrogen-bond donors (Lipinski definition) is 2. The third kappa shape index (κ3) is 4.91. The van der Waals surface area contributed by atoms with Crippen LogP contribution in [0.3, 0.4) is 0 Å². The normalized spacial score (nSPS) is 10.3. The number of halogens is 2. The van der Waals surface area contributed by atoms with Crippen molar-refractivity contribution in [2.75, 3.05) is 26.3 Å². The van der Waals surface area contributed by atoms with Crippen LogP contribution in [0.1, 0.15) is 10.4 Å². The first-order valence-corrected chi connectivity index (χ1v) is 5.92. The van der Waals surface area contributed by atoms with Crippen molar-refractivity contribution in [1.29, 1.82) is 0 Å². The number of hydrogen-bond acceptors (Lipinski definition) is 3. The summed E-state index contributed by atoms with van der Waals surface area (Å²) in [7, 11) is 0. The SMILES string of the molecule is NCCOCCNC(=O)c1ccc(Cl)c(Cl)c1. The molecule has 0 unspecified atom stereocenters. The first-order chi connectivity index (χ1) is 8.15. The van der Waals surface area contributed by atoms with Crippen LogP contribution in [0.25, 0.3) is 0 Å². The van der Waals surface area contributed by atoms with E-state index in [1.165, 1.54) is 6.07 Å². The van der Waals surface area contributed by atoms with Gasteiger partial charge in [0.2, 0.25) is 0 Å². The molecule has 0 aromatic heterocycles. The van der Waals surface area contributed by atoms with Gasteiger partial charge in [-0.2, -0.15) is 0 Å². The quantitative estimate of drug-likeness (QED) is 0.778. The standard InChI is InChI=1S/C11H14Cl2N2O2/c12-9-2-1-8(7-10(9)13)11(16)15-4-6-17-5-3-14/h1-2,7H,3-6,14H2,(H,15,16). The number of nitrogens with two attached hydrogens (primary N) is 1. The predicted molar refractivity (Wildman–Crippen MR) is 68.7 cm³/mol. The molecule has 0 bridgehead atoms. The monoisotopic (exact) mass is 276 g/mol. The molecule has 6 heteroatoms. The largest absolute Gasteiger partial charge is 0.378 e. The van der Waals surface area contributed by atoms with E-state index in [0.717, 1.165) is 0 Å². The molecule has 4 nitrogen and oxygen atoms in total. The van der Waals surface area contributed by atoms with Crippen LogP contribution < -0.4 is 11.1 Å². The molecule has 0 radical (unpaired) electrons. The van der Waals surface area contributed by atoms with E-state index < -0.39 is 0 Å². The number of carbonyl (C=O) groups is 1. The van der Waals surface area contributed by atoms with Gasteiger partial charge < -0.3 is 15.8 Å². The molecule has 1 rings (SSSR count). The second-order valence-electron chi connectivity index (χ2n) is 3.29. The maximum absolute atomic E-state index is 11.6. The number of ether oxygens (including phenoxy) is 1. The van der Waals surface area contributed by atoms with Crippen molar-refractivity contribution in [2.45, 2.75) is 0 Å². The predicted octanol–water partition coefficient (Wildman–Crippen LogP) is 1.70. The maximum atomic E-state index is 11.6. The molecule has 0 aliphatic heterocycles. The van der Waals surface area contributed by atoms with Crippen LogP contribution in [0.2, 0.25) is 10.0 Å². The van der Waals surface area contributed by atoms with Crippen molar-refractivity contribution < 1.29 is 9.53 Å². The molecule has 0 aliphatic carbocycles. The van der Waals surface area contributed by atoms with E-state index in [-0.39, 0.29) is 5.91 Å². The molecule has 3 N–H and O–H groups in total. The van der Waals surface area contributed by atoms with E-state index in [1.54, 1.807) is 12.1 Å². The Morgan fingerprint density at radius 1 is 1.29 bits per heavy atom. The minimum Gasteiger partial charge on any atom is -0.378 e.